The maximum atomic E-state index is 12.2. The lowest BCUT2D eigenvalue weighted by Gasteiger charge is -2.22. The summed E-state index contributed by atoms with van der Waals surface area (Å²) in [6.07, 6.45) is 4.04. The fourth-order valence-electron chi connectivity index (χ4n) is 3.35. The van der Waals surface area contributed by atoms with E-state index >= 15 is 0 Å². The summed E-state index contributed by atoms with van der Waals surface area (Å²) in [5.41, 5.74) is 2.92. The largest absolute Gasteiger partial charge is 0.468 e. The van der Waals surface area contributed by atoms with Crippen molar-refractivity contribution in [3.8, 4) is 0 Å². The van der Waals surface area contributed by atoms with Gasteiger partial charge in [0.2, 0.25) is 0 Å². The molecule has 0 aliphatic carbocycles. The summed E-state index contributed by atoms with van der Waals surface area (Å²) < 4.78 is 4.95. The highest BCUT2D eigenvalue weighted by atomic mass is 32.1. The Hall–Kier alpha value is -2.25. The van der Waals surface area contributed by atoms with Gasteiger partial charge in [-0.25, -0.2) is 0 Å². The van der Waals surface area contributed by atoms with Crippen LogP contribution < -0.4 is 5.32 Å². The SMILES string of the molecule is COC(=O)[C@@H]1C[C@@H](NC(=O)c2cncs2)CN1CCCc1ccccc1. The summed E-state index contributed by atoms with van der Waals surface area (Å²) >= 11 is 1.31. The molecule has 3 rings (SSSR count). The highest BCUT2D eigenvalue weighted by Crippen LogP contribution is 2.21. The number of ether oxygens (including phenoxy) is 1. The average molecular weight is 373 g/mol. The molecule has 2 aromatic rings. The van der Waals surface area contributed by atoms with E-state index in [2.05, 4.69) is 27.3 Å². The van der Waals surface area contributed by atoms with Gasteiger partial charge in [0.05, 0.1) is 18.8 Å². The molecule has 1 aromatic heterocycles. The van der Waals surface area contributed by atoms with Crippen LogP contribution in [0.1, 0.15) is 28.1 Å². The molecule has 0 bridgehead atoms. The van der Waals surface area contributed by atoms with Crippen molar-refractivity contribution < 1.29 is 14.3 Å². The number of likely N-dealkylation sites (tertiary alicyclic amines) is 1. The Labute approximate surface area is 157 Å². The smallest absolute Gasteiger partial charge is 0.323 e. The zero-order chi connectivity index (χ0) is 18.4. The van der Waals surface area contributed by atoms with Gasteiger partial charge in [-0.1, -0.05) is 30.3 Å². The first-order chi connectivity index (χ1) is 12.7. The molecule has 0 radical (unpaired) electrons. The molecule has 2 heterocycles. The molecule has 6 nitrogen and oxygen atoms in total. The van der Waals surface area contributed by atoms with E-state index < -0.39 is 0 Å². The topological polar surface area (TPSA) is 71.5 Å². The molecule has 0 spiro atoms. The number of amides is 1. The van der Waals surface area contributed by atoms with Crippen molar-refractivity contribution in [2.24, 2.45) is 0 Å². The quantitative estimate of drug-likeness (QED) is 0.753. The Morgan fingerprint density at radius 3 is 2.85 bits per heavy atom. The summed E-state index contributed by atoms with van der Waals surface area (Å²) in [5, 5.41) is 3.01. The van der Waals surface area contributed by atoms with E-state index in [-0.39, 0.29) is 24.0 Å². The molecule has 1 N–H and O–H groups in total. The van der Waals surface area contributed by atoms with Crippen molar-refractivity contribution >= 4 is 23.2 Å². The number of nitrogens with zero attached hydrogens (tertiary/aromatic N) is 2. The van der Waals surface area contributed by atoms with Gasteiger partial charge < -0.3 is 10.1 Å². The number of hydrogen-bond acceptors (Lipinski definition) is 6. The van der Waals surface area contributed by atoms with Gasteiger partial charge in [0.15, 0.2) is 0 Å². The molecule has 26 heavy (non-hydrogen) atoms. The van der Waals surface area contributed by atoms with Crippen LogP contribution in [0.25, 0.3) is 0 Å². The second-order valence-corrected chi connectivity index (χ2v) is 7.28. The Kier molecular flexibility index (Phi) is 6.35. The standard InChI is InChI=1S/C19H23N3O3S/c1-25-19(24)16-10-15(21-18(23)17-11-20-13-26-17)12-22(16)9-5-8-14-6-3-2-4-7-14/h2-4,6-7,11,13,15-16H,5,8-10,12H2,1H3,(H,21,23)/t15-,16+/m1/s1. The molecule has 1 aliphatic heterocycles. The molecule has 0 unspecified atom stereocenters. The van der Waals surface area contributed by atoms with Gasteiger partial charge in [-0.2, -0.15) is 0 Å². The van der Waals surface area contributed by atoms with Crippen LogP contribution in [0.2, 0.25) is 0 Å². The van der Waals surface area contributed by atoms with Gasteiger partial charge in [-0.3, -0.25) is 19.5 Å². The molecular weight excluding hydrogens is 350 g/mol. The van der Waals surface area contributed by atoms with E-state index in [9.17, 15) is 9.59 Å². The predicted molar refractivity (Wildman–Crippen MR) is 100 cm³/mol. The van der Waals surface area contributed by atoms with Crippen molar-refractivity contribution in [2.45, 2.75) is 31.3 Å². The van der Waals surface area contributed by atoms with Crippen molar-refractivity contribution in [2.75, 3.05) is 20.2 Å². The van der Waals surface area contributed by atoms with Crippen molar-refractivity contribution in [1.29, 1.82) is 0 Å². The third kappa shape index (κ3) is 4.68. The van der Waals surface area contributed by atoms with E-state index in [0.29, 0.717) is 17.8 Å². The van der Waals surface area contributed by atoms with Crippen LogP contribution in [0.3, 0.4) is 0 Å². The second-order valence-electron chi connectivity index (χ2n) is 6.39. The predicted octanol–water partition coefficient (Wildman–Crippen LogP) is 2.12. The first-order valence-electron chi connectivity index (χ1n) is 8.72. The molecule has 1 aromatic carbocycles. The Morgan fingerprint density at radius 1 is 1.35 bits per heavy atom. The highest BCUT2D eigenvalue weighted by molar-refractivity contribution is 7.11. The fraction of sp³-hybridized carbons (Fsp3) is 0.421. The number of benzene rings is 1. The lowest BCUT2D eigenvalue weighted by atomic mass is 10.1. The molecule has 7 heteroatoms. The Bertz CT molecular complexity index is 721. The van der Waals surface area contributed by atoms with Crippen molar-refractivity contribution in [3.63, 3.8) is 0 Å². The van der Waals surface area contributed by atoms with Crippen molar-refractivity contribution in [3.05, 3.63) is 52.5 Å². The van der Waals surface area contributed by atoms with Crippen LogP contribution in [0.15, 0.2) is 42.0 Å². The van der Waals surface area contributed by atoms with Crippen LogP contribution in [0.5, 0.6) is 0 Å². The molecule has 1 amide bonds. The van der Waals surface area contributed by atoms with Crippen LogP contribution in [-0.4, -0.2) is 54.0 Å². The molecule has 138 valence electrons. The summed E-state index contributed by atoms with van der Waals surface area (Å²) in [6.45, 7) is 1.45. The van der Waals surface area contributed by atoms with E-state index in [1.807, 2.05) is 18.2 Å². The lowest BCUT2D eigenvalue weighted by Crippen LogP contribution is -2.38. The maximum Gasteiger partial charge on any atom is 0.323 e. The summed E-state index contributed by atoms with van der Waals surface area (Å²) in [7, 11) is 1.41. The number of nitrogens with one attached hydrogen (secondary N) is 1. The normalized spacial score (nSPS) is 20.0. The monoisotopic (exact) mass is 373 g/mol. The summed E-state index contributed by atoms with van der Waals surface area (Å²) in [4.78, 5) is 31.0. The van der Waals surface area contributed by atoms with Gasteiger partial charge in [0.25, 0.3) is 5.91 Å². The number of methoxy groups -OCH3 is 1. The molecule has 0 saturated carbocycles. The molecule has 1 saturated heterocycles. The van der Waals surface area contributed by atoms with E-state index in [4.69, 9.17) is 4.74 Å². The van der Waals surface area contributed by atoms with Crippen LogP contribution in [0, 0.1) is 0 Å². The number of carbonyl (C=O) groups is 2. The van der Waals surface area contributed by atoms with E-state index in [1.54, 1.807) is 11.7 Å². The fourth-order valence-corrected chi connectivity index (χ4v) is 3.87. The Balaban J connectivity index is 1.56. The summed E-state index contributed by atoms with van der Waals surface area (Å²) in [5.74, 6) is -0.369. The zero-order valence-corrected chi connectivity index (χ0v) is 15.6. The molecule has 2 atom stereocenters. The van der Waals surface area contributed by atoms with Gasteiger partial charge in [0, 0.05) is 12.6 Å². The maximum absolute atomic E-state index is 12.2. The highest BCUT2D eigenvalue weighted by Gasteiger charge is 2.37. The van der Waals surface area contributed by atoms with Gasteiger partial charge >= 0.3 is 5.97 Å². The molecule has 1 aliphatic rings. The van der Waals surface area contributed by atoms with Gasteiger partial charge in [-0.15, -0.1) is 11.3 Å². The molecular formula is C19H23N3O3S. The third-order valence-corrected chi connectivity index (χ3v) is 5.39. The minimum Gasteiger partial charge on any atom is -0.468 e. The number of thiazole rings is 1. The number of rotatable bonds is 7. The number of hydrogen-bond donors (Lipinski definition) is 1. The van der Waals surface area contributed by atoms with Gasteiger partial charge in [-0.05, 0) is 31.4 Å². The zero-order valence-electron chi connectivity index (χ0n) is 14.8. The van der Waals surface area contributed by atoms with E-state index in [1.165, 1.54) is 24.0 Å². The minimum atomic E-state index is -0.303. The van der Waals surface area contributed by atoms with Crippen LogP contribution in [-0.2, 0) is 16.0 Å². The van der Waals surface area contributed by atoms with E-state index in [0.717, 1.165) is 19.4 Å². The number of aromatic nitrogens is 1. The molecule has 1 fully saturated rings. The van der Waals surface area contributed by atoms with Gasteiger partial charge in [0.1, 0.15) is 10.9 Å². The van der Waals surface area contributed by atoms with Crippen LogP contribution in [0.4, 0.5) is 0 Å². The Morgan fingerprint density at radius 2 is 2.15 bits per heavy atom. The lowest BCUT2D eigenvalue weighted by molar-refractivity contribution is -0.145. The van der Waals surface area contributed by atoms with Crippen LogP contribution >= 0.6 is 11.3 Å². The summed E-state index contributed by atoms with van der Waals surface area (Å²) in [6, 6.07) is 9.93. The first kappa shape index (κ1) is 18.5. The number of esters is 1. The number of aryl methyl sites for hydroxylation is 1. The number of carbonyl (C=O) groups excluding carboxylic acids is 2. The minimum absolute atomic E-state index is 0.0644. The first-order valence-corrected chi connectivity index (χ1v) is 9.60. The second kappa shape index (κ2) is 8.91. The third-order valence-electron chi connectivity index (χ3n) is 4.62. The average Bonchev–Trinajstić information content (AvgIpc) is 3.32. The van der Waals surface area contributed by atoms with Crippen molar-refractivity contribution in [1.82, 2.24) is 15.2 Å².